The Bertz CT molecular complexity index is 547. The first-order chi connectivity index (χ1) is 9.15. The number of aliphatic hydroxyl groups excluding tert-OH is 1. The third kappa shape index (κ3) is 4.84. The Balaban J connectivity index is 1.88. The van der Waals surface area contributed by atoms with Crippen LogP contribution in [0.2, 0.25) is 5.02 Å². The highest BCUT2D eigenvalue weighted by Gasteiger charge is 2.09. The van der Waals surface area contributed by atoms with E-state index < -0.39 is 6.10 Å². The number of benzene rings is 2. The van der Waals surface area contributed by atoms with E-state index in [0.29, 0.717) is 17.2 Å². The predicted molar refractivity (Wildman–Crippen MR) is 86.0 cm³/mol. The summed E-state index contributed by atoms with van der Waals surface area (Å²) in [6, 6.07) is 15.7. The molecule has 2 rings (SSSR count). The Hall–Kier alpha value is -0.480. The van der Waals surface area contributed by atoms with Gasteiger partial charge in [-0.25, -0.2) is 0 Å². The average molecular weight is 358 g/mol. The highest BCUT2D eigenvalue weighted by Crippen LogP contribution is 2.24. The second-order valence-corrected chi connectivity index (χ2v) is 6.63. The molecule has 100 valence electrons. The highest BCUT2D eigenvalue weighted by molar-refractivity contribution is 9.10. The van der Waals surface area contributed by atoms with Gasteiger partial charge < -0.3 is 5.11 Å². The molecular weight excluding hydrogens is 344 g/mol. The monoisotopic (exact) mass is 356 g/mol. The number of thioether (sulfide) groups is 1. The molecule has 0 fully saturated rings. The molecule has 0 amide bonds. The molecule has 0 aliphatic heterocycles. The van der Waals surface area contributed by atoms with Crippen molar-refractivity contribution < 1.29 is 5.11 Å². The van der Waals surface area contributed by atoms with Gasteiger partial charge in [0.25, 0.3) is 0 Å². The molecular formula is C15H14BrClOS. The van der Waals surface area contributed by atoms with Crippen molar-refractivity contribution in [3.8, 4) is 0 Å². The van der Waals surface area contributed by atoms with Crippen molar-refractivity contribution in [1.82, 2.24) is 0 Å². The molecule has 0 spiro atoms. The van der Waals surface area contributed by atoms with Gasteiger partial charge in [0, 0.05) is 26.6 Å². The lowest BCUT2D eigenvalue weighted by Gasteiger charge is -2.11. The first-order valence-electron chi connectivity index (χ1n) is 5.95. The fourth-order valence-electron chi connectivity index (χ4n) is 1.73. The average Bonchev–Trinajstić information content (AvgIpc) is 2.39. The lowest BCUT2D eigenvalue weighted by Crippen LogP contribution is -2.13. The van der Waals surface area contributed by atoms with Crippen LogP contribution >= 0.6 is 39.3 Å². The van der Waals surface area contributed by atoms with Crippen LogP contribution in [0.1, 0.15) is 5.56 Å². The van der Waals surface area contributed by atoms with Gasteiger partial charge in [0.15, 0.2) is 0 Å². The normalized spacial score (nSPS) is 12.4. The van der Waals surface area contributed by atoms with Crippen LogP contribution in [0.3, 0.4) is 0 Å². The van der Waals surface area contributed by atoms with E-state index in [-0.39, 0.29) is 0 Å². The van der Waals surface area contributed by atoms with Crippen LogP contribution in [0.25, 0.3) is 0 Å². The Morgan fingerprint density at radius 3 is 2.68 bits per heavy atom. The van der Waals surface area contributed by atoms with Gasteiger partial charge in [0.05, 0.1) is 6.10 Å². The van der Waals surface area contributed by atoms with Crippen LogP contribution in [0.15, 0.2) is 57.9 Å². The lowest BCUT2D eigenvalue weighted by molar-refractivity contribution is 0.200. The molecule has 1 N–H and O–H groups in total. The third-order valence-corrected chi connectivity index (χ3v) is 4.65. The van der Waals surface area contributed by atoms with Gasteiger partial charge in [-0.2, -0.15) is 0 Å². The van der Waals surface area contributed by atoms with E-state index >= 15 is 0 Å². The maximum absolute atomic E-state index is 10.1. The van der Waals surface area contributed by atoms with Crippen molar-refractivity contribution in [3.63, 3.8) is 0 Å². The smallest absolute Gasteiger partial charge is 0.0674 e. The van der Waals surface area contributed by atoms with Gasteiger partial charge in [-0.15, -0.1) is 11.8 Å². The van der Waals surface area contributed by atoms with Crippen LogP contribution in [0.4, 0.5) is 0 Å². The van der Waals surface area contributed by atoms with Gasteiger partial charge >= 0.3 is 0 Å². The van der Waals surface area contributed by atoms with Crippen molar-refractivity contribution in [2.75, 3.05) is 5.75 Å². The molecule has 2 aromatic carbocycles. The molecule has 2 aromatic rings. The lowest BCUT2D eigenvalue weighted by atomic mass is 10.1. The first kappa shape index (κ1) is 14.9. The first-order valence-corrected chi connectivity index (χ1v) is 8.10. The number of aliphatic hydroxyl groups is 1. The van der Waals surface area contributed by atoms with E-state index in [2.05, 4.69) is 15.9 Å². The summed E-state index contributed by atoms with van der Waals surface area (Å²) in [5.74, 6) is 0.654. The standard InChI is InChI=1S/C15H14BrClOS/c16-12-5-3-6-14(9-12)19-10-13(18)8-11-4-1-2-7-15(11)17/h1-7,9,13,18H,8,10H2. The Morgan fingerprint density at radius 1 is 1.16 bits per heavy atom. The minimum absolute atomic E-state index is 0.399. The largest absolute Gasteiger partial charge is 0.392 e. The Labute approximate surface area is 131 Å². The zero-order valence-corrected chi connectivity index (χ0v) is 13.4. The summed E-state index contributed by atoms with van der Waals surface area (Å²) in [5, 5.41) is 10.8. The van der Waals surface area contributed by atoms with E-state index in [0.717, 1.165) is 14.9 Å². The van der Waals surface area contributed by atoms with Crippen molar-refractivity contribution in [2.45, 2.75) is 17.4 Å². The number of halogens is 2. The Morgan fingerprint density at radius 2 is 1.95 bits per heavy atom. The van der Waals surface area contributed by atoms with Crippen LogP contribution in [0.5, 0.6) is 0 Å². The van der Waals surface area contributed by atoms with Crippen LogP contribution in [-0.2, 0) is 6.42 Å². The van der Waals surface area contributed by atoms with Crippen molar-refractivity contribution in [1.29, 1.82) is 0 Å². The molecule has 1 unspecified atom stereocenters. The molecule has 0 saturated heterocycles. The molecule has 0 heterocycles. The van der Waals surface area contributed by atoms with E-state index in [9.17, 15) is 5.11 Å². The number of rotatable bonds is 5. The molecule has 1 atom stereocenters. The fourth-order valence-corrected chi connectivity index (χ4v) is 3.38. The molecule has 0 aromatic heterocycles. The summed E-state index contributed by atoms with van der Waals surface area (Å²) in [6.45, 7) is 0. The number of hydrogen-bond acceptors (Lipinski definition) is 2. The molecule has 1 nitrogen and oxygen atoms in total. The SMILES string of the molecule is OC(CSc1cccc(Br)c1)Cc1ccccc1Cl. The number of hydrogen-bond donors (Lipinski definition) is 1. The summed E-state index contributed by atoms with van der Waals surface area (Å²) < 4.78 is 1.05. The minimum Gasteiger partial charge on any atom is -0.392 e. The summed E-state index contributed by atoms with van der Waals surface area (Å²) in [5.41, 5.74) is 0.992. The summed E-state index contributed by atoms with van der Waals surface area (Å²) in [4.78, 5) is 1.15. The van der Waals surface area contributed by atoms with Crippen LogP contribution < -0.4 is 0 Å². The molecule has 0 bridgehead atoms. The van der Waals surface area contributed by atoms with E-state index in [1.165, 1.54) is 0 Å². The zero-order valence-electron chi connectivity index (χ0n) is 10.2. The molecule has 4 heteroatoms. The molecule has 0 saturated carbocycles. The summed E-state index contributed by atoms with van der Waals surface area (Å²) in [7, 11) is 0. The van der Waals surface area contributed by atoms with Crippen LogP contribution in [-0.4, -0.2) is 17.0 Å². The zero-order chi connectivity index (χ0) is 13.7. The second kappa shape index (κ2) is 7.34. The quantitative estimate of drug-likeness (QED) is 0.776. The second-order valence-electron chi connectivity index (χ2n) is 4.22. The predicted octanol–water partition coefficient (Wildman–Crippen LogP) is 4.80. The maximum Gasteiger partial charge on any atom is 0.0674 e. The topological polar surface area (TPSA) is 20.2 Å². The van der Waals surface area contributed by atoms with Crippen molar-refractivity contribution >= 4 is 39.3 Å². The fraction of sp³-hybridized carbons (Fsp3) is 0.200. The van der Waals surface area contributed by atoms with Crippen LogP contribution in [0, 0.1) is 0 Å². The van der Waals surface area contributed by atoms with E-state index in [1.807, 2.05) is 48.5 Å². The van der Waals surface area contributed by atoms with Gasteiger partial charge in [-0.1, -0.05) is 51.8 Å². The van der Waals surface area contributed by atoms with Gasteiger partial charge in [-0.3, -0.25) is 0 Å². The molecule has 0 aliphatic carbocycles. The van der Waals surface area contributed by atoms with Gasteiger partial charge in [-0.05, 0) is 29.8 Å². The minimum atomic E-state index is -0.399. The Kier molecular flexibility index (Phi) is 5.76. The van der Waals surface area contributed by atoms with Gasteiger partial charge in [0.2, 0.25) is 0 Å². The highest BCUT2D eigenvalue weighted by atomic mass is 79.9. The molecule has 0 radical (unpaired) electrons. The van der Waals surface area contributed by atoms with Crippen molar-refractivity contribution in [2.24, 2.45) is 0 Å². The maximum atomic E-state index is 10.1. The van der Waals surface area contributed by atoms with Gasteiger partial charge in [0.1, 0.15) is 0 Å². The molecule has 19 heavy (non-hydrogen) atoms. The molecule has 0 aliphatic rings. The van der Waals surface area contributed by atoms with E-state index in [4.69, 9.17) is 11.6 Å². The summed E-state index contributed by atoms with van der Waals surface area (Å²) >= 11 is 11.2. The van der Waals surface area contributed by atoms with Crippen molar-refractivity contribution in [3.05, 3.63) is 63.6 Å². The van der Waals surface area contributed by atoms with E-state index in [1.54, 1.807) is 11.8 Å². The summed E-state index contributed by atoms with van der Waals surface area (Å²) in [6.07, 6.45) is 0.185. The third-order valence-electron chi connectivity index (χ3n) is 2.65.